The molecule has 0 radical (unpaired) electrons. The van der Waals surface area contributed by atoms with Gasteiger partial charge in [-0.25, -0.2) is 8.42 Å². The second kappa shape index (κ2) is 12.5. The first-order chi connectivity index (χ1) is 16.6. The summed E-state index contributed by atoms with van der Waals surface area (Å²) < 4.78 is 38.3. The van der Waals surface area contributed by atoms with Crippen molar-refractivity contribution in [2.45, 2.75) is 56.5 Å². The number of hydrogen-bond donors (Lipinski definition) is 1. The Morgan fingerprint density at radius 2 is 1.69 bits per heavy atom. The number of nitrogens with one attached hydrogen (secondary N) is 1. The summed E-state index contributed by atoms with van der Waals surface area (Å²) in [6, 6.07) is 4.31. The number of likely N-dealkylation sites (N-methyl/N-ethyl adjacent to an activating group) is 2. The lowest BCUT2D eigenvalue weighted by Crippen LogP contribution is -2.51. The van der Waals surface area contributed by atoms with Crippen LogP contribution in [0, 0.1) is 13.8 Å². The molecular weight excluding hydrogens is 468 g/mol. The summed E-state index contributed by atoms with van der Waals surface area (Å²) in [4.78, 5) is 17.4. The first kappa shape index (κ1) is 27.9. The Hall–Kier alpha value is -1.72. The Labute approximate surface area is 210 Å². The van der Waals surface area contributed by atoms with Gasteiger partial charge < -0.3 is 19.7 Å². The van der Waals surface area contributed by atoms with E-state index in [-0.39, 0.29) is 36.6 Å². The summed E-state index contributed by atoms with van der Waals surface area (Å²) in [5, 5.41) is 3.40. The van der Waals surface area contributed by atoms with Crippen LogP contribution in [0.25, 0.3) is 0 Å². The molecule has 1 heterocycles. The van der Waals surface area contributed by atoms with E-state index in [1.165, 1.54) is 11.4 Å². The molecular formula is C25H42N4O5S. The molecule has 0 unspecified atom stereocenters. The summed E-state index contributed by atoms with van der Waals surface area (Å²) in [5.74, 6) is 0.577. The van der Waals surface area contributed by atoms with Crippen molar-refractivity contribution in [2.75, 3.05) is 67.1 Å². The molecule has 1 aromatic rings. The summed E-state index contributed by atoms with van der Waals surface area (Å²) in [5.41, 5.74) is 1.27. The topological polar surface area (TPSA) is 91.4 Å². The molecule has 2 fully saturated rings. The lowest BCUT2D eigenvalue weighted by Gasteiger charge is -2.41. The molecule has 0 spiro atoms. The number of benzene rings is 1. The minimum atomic E-state index is -3.68. The summed E-state index contributed by atoms with van der Waals surface area (Å²) in [6.45, 7) is 8.15. The molecule has 0 atom stereocenters. The lowest BCUT2D eigenvalue weighted by molar-refractivity contribution is -0.137. The molecule has 1 saturated heterocycles. The molecule has 1 aliphatic heterocycles. The molecule has 1 N–H and O–H groups in total. The van der Waals surface area contributed by atoms with Gasteiger partial charge in [0.1, 0.15) is 12.4 Å². The van der Waals surface area contributed by atoms with Crippen molar-refractivity contribution in [3.8, 4) is 5.75 Å². The van der Waals surface area contributed by atoms with Crippen LogP contribution >= 0.6 is 0 Å². The molecule has 1 aliphatic carbocycles. The number of piperazine rings is 1. The van der Waals surface area contributed by atoms with Gasteiger partial charge in [-0.2, -0.15) is 4.31 Å². The highest BCUT2D eigenvalue weighted by atomic mass is 32.2. The average Bonchev–Trinajstić information content (AvgIpc) is 2.85. The van der Waals surface area contributed by atoms with Crippen molar-refractivity contribution >= 4 is 15.9 Å². The molecule has 198 valence electrons. The molecule has 1 amide bonds. The quantitative estimate of drug-likeness (QED) is 0.479. The Morgan fingerprint density at radius 1 is 1.09 bits per heavy atom. The SMILES string of the molecule is COc1cc(C)c(S(=O)(=O)N(C)CCOCC(=O)N(C)[C@H]2CC[C@@H](N3CCNCC3)CC2)c(C)c1. The van der Waals surface area contributed by atoms with Gasteiger partial charge >= 0.3 is 0 Å². The Balaban J connectivity index is 1.42. The van der Waals surface area contributed by atoms with Crippen molar-refractivity contribution in [2.24, 2.45) is 0 Å². The normalized spacial score (nSPS) is 21.8. The molecule has 1 saturated carbocycles. The largest absolute Gasteiger partial charge is 0.497 e. The second-order valence-corrected chi connectivity index (χ2v) is 11.7. The van der Waals surface area contributed by atoms with Crippen molar-refractivity contribution < 1.29 is 22.7 Å². The van der Waals surface area contributed by atoms with Gasteiger partial charge in [-0.15, -0.1) is 0 Å². The highest BCUT2D eigenvalue weighted by Gasteiger charge is 2.30. The van der Waals surface area contributed by atoms with E-state index in [0.29, 0.717) is 22.9 Å². The van der Waals surface area contributed by atoms with Crippen LogP contribution in [0.2, 0.25) is 0 Å². The maximum absolute atomic E-state index is 13.1. The van der Waals surface area contributed by atoms with E-state index in [0.717, 1.165) is 51.9 Å². The number of hydrogen-bond acceptors (Lipinski definition) is 7. The minimum Gasteiger partial charge on any atom is -0.497 e. The molecule has 1 aromatic carbocycles. The Morgan fingerprint density at radius 3 is 2.26 bits per heavy atom. The molecule has 2 aliphatic rings. The number of sulfonamides is 1. The third-order valence-electron chi connectivity index (χ3n) is 7.39. The van der Waals surface area contributed by atoms with Crippen LogP contribution < -0.4 is 10.1 Å². The summed E-state index contributed by atoms with van der Waals surface area (Å²) >= 11 is 0. The van der Waals surface area contributed by atoms with Crippen molar-refractivity contribution in [1.29, 1.82) is 0 Å². The van der Waals surface area contributed by atoms with Gasteiger partial charge in [0, 0.05) is 58.9 Å². The fourth-order valence-corrected chi connectivity index (χ4v) is 6.79. The highest BCUT2D eigenvalue weighted by Crippen LogP contribution is 2.28. The zero-order valence-corrected chi connectivity index (χ0v) is 22.7. The maximum Gasteiger partial charge on any atom is 0.248 e. The van der Waals surface area contributed by atoms with Gasteiger partial charge in [-0.1, -0.05) is 0 Å². The number of methoxy groups -OCH3 is 1. The molecule has 0 bridgehead atoms. The van der Waals surface area contributed by atoms with E-state index in [2.05, 4.69) is 10.2 Å². The van der Waals surface area contributed by atoms with Crippen LogP contribution in [0.5, 0.6) is 5.75 Å². The number of carbonyl (C=O) groups excluding carboxylic acids is 1. The van der Waals surface area contributed by atoms with Crippen molar-refractivity contribution in [1.82, 2.24) is 19.4 Å². The van der Waals surface area contributed by atoms with Crippen LogP contribution in [0.15, 0.2) is 17.0 Å². The van der Waals surface area contributed by atoms with Crippen LogP contribution in [0.3, 0.4) is 0 Å². The van der Waals surface area contributed by atoms with E-state index in [1.807, 2.05) is 11.9 Å². The van der Waals surface area contributed by atoms with Crippen molar-refractivity contribution in [3.05, 3.63) is 23.3 Å². The lowest BCUT2D eigenvalue weighted by atomic mass is 9.89. The zero-order valence-electron chi connectivity index (χ0n) is 21.9. The minimum absolute atomic E-state index is 0.0390. The van der Waals surface area contributed by atoms with Crippen LogP contribution in [0.4, 0.5) is 0 Å². The number of ether oxygens (including phenoxy) is 2. The summed E-state index contributed by atoms with van der Waals surface area (Å²) in [7, 11) is 1.27. The van der Waals surface area contributed by atoms with Crippen LogP contribution in [-0.2, 0) is 19.6 Å². The van der Waals surface area contributed by atoms with Crippen molar-refractivity contribution in [3.63, 3.8) is 0 Å². The van der Waals surface area contributed by atoms with Gasteiger partial charge in [0.25, 0.3) is 0 Å². The fourth-order valence-electron chi connectivity index (χ4n) is 5.23. The number of aryl methyl sites for hydroxylation is 2. The molecule has 10 heteroatoms. The van der Waals surface area contributed by atoms with Gasteiger partial charge in [0.2, 0.25) is 15.9 Å². The highest BCUT2D eigenvalue weighted by molar-refractivity contribution is 7.89. The number of rotatable bonds is 10. The van der Waals surface area contributed by atoms with Gasteiger partial charge in [0.05, 0.1) is 18.6 Å². The smallest absolute Gasteiger partial charge is 0.248 e. The molecule has 9 nitrogen and oxygen atoms in total. The van der Waals surface area contributed by atoms with E-state index < -0.39 is 10.0 Å². The van der Waals surface area contributed by atoms with Gasteiger partial charge in [0.15, 0.2) is 0 Å². The van der Waals surface area contributed by atoms with Crippen LogP contribution in [-0.4, -0.2) is 108 Å². The summed E-state index contributed by atoms with van der Waals surface area (Å²) in [6.07, 6.45) is 4.27. The molecule has 0 aromatic heterocycles. The maximum atomic E-state index is 13.1. The molecule has 3 rings (SSSR count). The van der Waals surface area contributed by atoms with E-state index in [4.69, 9.17) is 9.47 Å². The number of amides is 1. The predicted octanol–water partition coefficient (Wildman–Crippen LogP) is 1.62. The first-order valence-corrected chi connectivity index (χ1v) is 14.0. The number of nitrogens with zero attached hydrogens (tertiary/aromatic N) is 3. The van der Waals surface area contributed by atoms with Crippen LogP contribution in [0.1, 0.15) is 36.8 Å². The third kappa shape index (κ3) is 6.95. The van der Waals surface area contributed by atoms with Gasteiger partial charge in [-0.3, -0.25) is 9.69 Å². The average molecular weight is 511 g/mol. The van der Waals surface area contributed by atoms with E-state index >= 15 is 0 Å². The Kier molecular flexibility index (Phi) is 9.94. The third-order valence-corrected chi connectivity index (χ3v) is 9.55. The number of carbonyl (C=O) groups is 1. The molecule has 35 heavy (non-hydrogen) atoms. The fraction of sp³-hybridized carbons (Fsp3) is 0.720. The first-order valence-electron chi connectivity index (χ1n) is 12.5. The zero-order chi connectivity index (χ0) is 25.6. The Bertz CT molecular complexity index is 934. The van der Waals surface area contributed by atoms with Gasteiger partial charge in [-0.05, 0) is 62.8 Å². The van der Waals surface area contributed by atoms with E-state index in [9.17, 15) is 13.2 Å². The standard InChI is InChI=1S/C25H42N4O5S/c1-19-16-23(33-5)17-20(2)25(19)35(31,32)27(3)14-15-34-18-24(30)28(4)21-6-8-22(9-7-21)29-12-10-26-11-13-29/h16-17,21-22,26H,6-15,18H2,1-5H3/t21-,22+. The van der Waals surface area contributed by atoms with E-state index in [1.54, 1.807) is 33.1 Å². The monoisotopic (exact) mass is 510 g/mol. The predicted molar refractivity (Wildman–Crippen MR) is 136 cm³/mol. The second-order valence-electron chi connectivity index (χ2n) is 9.72.